The van der Waals surface area contributed by atoms with E-state index in [2.05, 4.69) is 0 Å². The molecule has 0 radical (unpaired) electrons. The smallest absolute Gasteiger partial charge is 0.315 e. The van der Waals surface area contributed by atoms with Gasteiger partial charge >= 0.3 is 11.7 Å². The van der Waals surface area contributed by atoms with Gasteiger partial charge in [0.25, 0.3) is 0 Å². The Kier molecular flexibility index (Phi) is 4.85. The molecule has 22 heavy (non-hydrogen) atoms. The Bertz CT molecular complexity index is 748. The number of carbonyl (C=O) groups excluding carboxylic acids is 1. The molecule has 1 heterocycles. The third-order valence-electron chi connectivity index (χ3n) is 2.72. The van der Waals surface area contributed by atoms with Crippen LogP contribution in [0.1, 0.15) is 5.56 Å². The standard InChI is InChI=1S/C8H5ClO2.C6H4ClNO3/c9-6-1-2-7-5(3-6)4-8(10)11-7;7-4-1-2-6(9)5(3-4)8(10)11/h1-3H,4H2;1-3,9H. The van der Waals surface area contributed by atoms with Crippen molar-refractivity contribution in [1.82, 2.24) is 0 Å². The molecule has 1 aliphatic rings. The highest BCUT2D eigenvalue weighted by atomic mass is 35.5. The van der Waals surface area contributed by atoms with Crippen LogP contribution in [0.4, 0.5) is 5.69 Å². The zero-order valence-electron chi connectivity index (χ0n) is 11.0. The number of phenols is 1. The molecule has 114 valence electrons. The SMILES string of the molecule is O=C1Cc2cc(Cl)ccc2O1.O=[N+]([O-])c1cc(Cl)ccc1O. The average molecular weight is 342 g/mol. The largest absolute Gasteiger partial charge is 0.502 e. The topological polar surface area (TPSA) is 89.7 Å². The lowest BCUT2D eigenvalue weighted by Gasteiger charge is -1.94. The Morgan fingerprint density at radius 3 is 2.41 bits per heavy atom. The molecule has 0 bridgehead atoms. The van der Waals surface area contributed by atoms with Crippen molar-refractivity contribution in [2.45, 2.75) is 6.42 Å². The van der Waals surface area contributed by atoms with E-state index < -0.39 is 4.92 Å². The Hall–Kier alpha value is -2.31. The molecule has 0 fully saturated rings. The average Bonchev–Trinajstić information content (AvgIpc) is 2.81. The number of nitro benzene ring substituents is 1. The van der Waals surface area contributed by atoms with Crippen molar-refractivity contribution in [3.63, 3.8) is 0 Å². The lowest BCUT2D eigenvalue weighted by Crippen LogP contribution is -1.99. The highest BCUT2D eigenvalue weighted by molar-refractivity contribution is 6.31. The van der Waals surface area contributed by atoms with Crippen LogP contribution in [0.15, 0.2) is 36.4 Å². The highest BCUT2D eigenvalue weighted by Crippen LogP contribution is 2.28. The highest BCUT2D eigenvalue weighted by Gasteiger charge is 2.19. The van der Waals surface area contributed by atoms with Gasteiger partial charge in [0.15, 0.2) is 5.75 Å². The predicted octanol–water partition coefficient (Wildman–Crippen LogP) is 3.76. The summed E-state index contributed by atoms with van der Waals surface area (Å²) >= 11 is 11.1. The first-order valence-electron chi connectivity index (χ1n) is 5.99. The van der Waals surface area contributed by atoms with Crippen LogP contribution in [0.25, 0.3) is 0 Å². The van der Waals surface area contributed by atoms with Crippen LogP contribution in [-0.4, -0.2) is 16.0 Å². The van der Waals surface area contributed by atoms with E-state index in [-0.39, 0.29) is 22.4 Å². The van der Waals surface area contributed by atoms with Crippen molar-refractivity contribution in [1.29, 1.82) is 0 Å². The van der Waals surface area contributed by atoms with Crippen LogP contribution in [0.2, 0.25) is 10.0 Å². The van der Waals surface area contributed by atoms with Crippen molar-refractivity contribution >= 4 is 34.9 Å². The van der Waals surface area contributed by atoms with Gasteiger partial charge in [-0.15, -0.1) is 0 Å². The quantitative estimate of drug-likeness (QED) is 0.369. The van der Waals surface area contributed by atoms with Gasteiger partial charge in [0.05, 0.1) is 11.3 Å². The molecule has 0 unspecified atom stereocenters. The lowest BCUT2D eigenvalue weighted by atomic mass is 10.2. The number of ether oxygens (including phenoxy) is 1. The summed E-state index contributed by atoms with van der Waals surface area (Å²) in [6.07, 6.45) is 0.343. The van der Waals surface area contributed by atoms with Gasteiger partial charge in [0.2, 0.25) is 0 Å². The fourth-order valence-electron chi connectivity index (χ4n) is 1.74. The minimum absolute atomic E-state index is 0.206. The molecule has 0 aliphatic carbocycles. The second-order valence-corrected chi connectivity index (χ2v) is 5.17. The summed E-state index contributed by atoms with van der Waals surface area (Å²) in [6, 6.07) is 8.82. The lowest BCUT2D eigenvalue weighted by molar-refractivity contribution is -0.385. The summed E-state index contributed by atoms with van der Waals surface area (Å²) in [4.78, 5) is 20.2. The van der Waals surface area contributed by atoms with E-state index in [0.29, 0.717) is 17.2 Å². The molecule has 6 nitrogen and oxygen atoms in total. The Balaban J connectivity index is 0.000000160. The van der Waals surface area contributed by atoms with Gasteiger partial charge in [-0.1, -0.05) is 23.2 Å². The van der Waals surface area contributed by atoms with Gasteiger partial charge in [-0.3, -0.25) is 14.9 Å². The number of rotatable bonds is 1. The Morgan fingerprint density at radius 2 is 1.77 bits per heavy atom. The molecular formula is C14H9Cl2NO5. The maximum Gasteiger partial charge on any atom is 0.315 e. The second-order valence-electron chi connectivity index (χ2n) is 4.29. The fraction of sp³-hybridized carbons (Fsp3) is 0.0714. The molecule has 0 atom stereocenters. The summed E-state index contributed by atoms with van der Waals surface area (Å²) in [5.41, 5.74) is 0.500. The molecule has 2 aromatic carbocycles. The van der Waals surface area contributed by atoms with Crippen molar-refractivity contribution in [2.75, 3.05) is 0 Å². The van der Waals surface area contributed by atoms with Crippen LogP contribution in [0, 0.1) is 10.1 Å². The number of halogens is 2. The first kappa shape index (κ1) is 16.1. The van der Waals surface area contributed by atoms with Gasteiger partial charge in [-0.2, -0.15) is 0 Å². The third kappa shape index (κ3) is 3.87. The number of hydrogen-bond donors (Lipinski definition) is 1. The maximum atomic E-state index is 10.7. The zero-order valence-corrected chi connectivity index (χ0v) is 12.5. The molecular weight excluding hydrogens is 333 g/mol. The van der Waals surface area contributed by atoms with Crippen molar-refractivity contribution in [2.24, 2.45) is 0 Å². The van der Waals surface area contributed by atoms with Crippen LogP contribution in [-0.2, 0) is 11.2 Å². The molecule has 2 aromatic rings. The van der Waals surface area contributed by atoms with E-state index in [1.807, 2.05) is 0 Å². The molecule has 0 spiro atoms. The number of aromatic hydroxyl groups is 1. The summed E-state index contributed by atoms with van der Waals surface area (Å²) in [5.74, 6) is 0.0565. The minimum Gasteiger partial charge on any atom is -0.502 e. The number of phenolic OH excluding ortho intramolecular Hbond substituents is 1. The number of fused-ring (bicyclic) bond motifs is 1. The number of nitrogens with zero attached hydrogens (tertiary/aromatic N) is 1. The predicted molar refractivity (Wildman–Crippen MR) is 80.6 cm³/mol. The van der Waals surface area contributed by atoms with E-state index in [0.717, 1.165) is 11.6 Å². The van der Waals surface area contributed by atoms with E-state index in [4.69, 9.17) is 33.0 Å². The van der Waals surface area contributed by atoms with E-state index in [1.54, 1.807) is 18.2 Å². The van der Waals surface area contributed by atoms with Crippen LogP contribution in [0.5, 0.6) is 11.5 Å². The molecule has 0 amide bonds. The van der Waals surface area contributed by atoms with Crippen LogP contribution < -0.4 is 4.74 Å². The fourth-order valence-corrected chi connectivity index (χ4v) is 2.10. The van der Waals surface area contributed by atoms with E-state index in [9.17, 15) is 14.9 Å². The summed E-state index contributed by atoms with van der Waals surface area (Å²) < 4.78 is 4.86. The van der Waals surface area contributed by atoms with Crippen molar-refractivity contribution < 1.29 is 19.6 Å². The van der Waals surface area contributed by atoms with Gasteiger partial charge in [-0.25, -0.2) is 0 Å². The Labute approximate surface area is 135 Å². The number of nitro groups is 1. The first-order valence-corrected chi connectivity index (χ1v) is 6.74. The maximum absolute atomic E-state index is 10.7. The molecule has 3 rings (SSSR count). The van der Waals surface area contributed by atoms with Gasteiger partial charge in [0, 0.05) is 21.7 Å². The van der Waals surface area contributed by atoms with Gasteiger partial charge in [-0.05, 0) is 30.3 Å². The third-order valence-corrected chi connectivity index (χ3v) is 3.19. The molecule has 0 saturated carbocycles. The summed E-state index contributed by atoms with van der Waals surface area (Å²) in [7, 11) is 0. The van der Waals surface area contributed by atoms with Gasteiger partial charge < -0.3 is 9.84 Å². The molecule has 0 saturated heterocycles. The number of hydrogen-bond acceptors (Lipinski definition) is 5. The van der Waals surface area contributed by atoms with Crippen LogP contribution in [0.3, 0.4) is 0 Å². The van der Waals surface area contributed by atoms with Crippen molar-refractivity contribution in [3.8, 4) is 11.5 Å². The van der Waals surface area contributed by atoms with E-state index in [1.165, 1.54) is 12.1 Å². The molecule has 8 heteroatoms. The van der Waals surface area contributed by atoms with Crippen molar-refractivity contribution in [3.05, 3.63) is 62.1 Å². The number of carbonyl (C=O) groups is 1. The van der Waals surface area contributed by atoms with E-state index >= 15 is 0 Å². The van der Waals surface area contributed by atoms with Crippen LogP contribution >= 0.6 is 23.2 Å². The monoisotopic (exact) mass is 341 g/mol. The normalized spacial score (nSPS) is 12.0. The molecule has 1 N–H and O–H groups in total. The minimum atomic E-state index is -0.693. The second kappa shape index (κ2) is 6.64. The molecule has 0 aromatic heterocycles. The summed E-state index contributed by atoms with van der Waals surface area (Å²) in [6.45, 7) is 0. The number of esters is 1. The first-order chi connectivity index (χ1) is 10.4. The summed E-state index contributed by atoms with van der Waals surface area (Å²) in [5, 5.41) is 19.9. The number of benzene rings is 2. The zero-order chi connectivity index (χ0) is 16.3. The van der Waals surface area contributed by atoms with Gasteiger partial charge in [0.1, 0.15) is 5.75 Å². The molecule has 1 aliphatic heterocycles. The Morgan fingerprint density at radius 1 is 1.14 bits per heavy atom.